The van der Waals surface area contributed by atoms with Crippen molar-refractivity contribution in [3.05, 3.63) is 24.5 Å². The molecule has 26 heavy (non-hydrogen) atoms. The average molecular weight is 376 g/mol. The molecule has 2 aliphatic heterocycles. The van der Waals surface area contributed by atoms with Crippen molar-refractivity contribution in [3.8, 4) is 12.3 Å². The third-order valence-corrected chi connectivity index (χ3v) is 6.96. The minimum absolute atomic E-state index is 0.0190. The van der Waals surface area contributed by atoms with Crippen LogP contribution in [-0.4, -0.2) is 79.2 Å². The van der Waals surface area contributed by atoms with Crippen molar-refractivity contribution in [2.24, 2.45) is 5.92 Å². The van der Waals surface area contributed by atoms with E-state index in [2.05, 4.69) is 15.8 Å². The maximum atomic E-state index is 12.7. The van der Waals surface area contributed by atoms with Gasteiger partial charge in [-0.25, -0.2) is 8.42 Å². The lowest BCUT2D eigenvalue weighted by Crippen LogP contribution is -2.52. The summed E-state index contributed by atoms with van der Waals surface area (Å²) in [6, 6.07) is 3.16. The van der Waals surface area contributed by atoms with E-state index in [4.69, 9.17) is 6.42 Å². The van der Waals surface area contributed by atoms with Crippen molar-refractivity contribution in [2.75, 3.05) is 45.8 Å². The van der Waals surface area contributed by atoms with Gasteiger partial charge in [-0.3, -0.25) is 14.7 Å². The van der Waals surface area contributed by atoms with Gasteiger partial charge in [0.2, 0.25) is 15.9 Å². The van der Waals surface area contributed by atoms with Crippen LogP contribution in [0.2, 0.25) is 0 Å². The normalized spacial score (nSPS) is 20.7. The first-order valence-corrected chi connectivity index (χ1v) is 10.3. The predicted molar refractivity (Wildman–Crippen MR) is 97.6 cm³/mol. The van der Waals surface area contributed by atoms with Gasteiger partial charge in [-0.1, -0.05) is 5.92 Å². The molecule has 2 saturated heterocycles. The van der Waals surface area contributed by atoms with E-state index in [1.54, 1.807) is 23.2 Å². The minimum Gasteiger partial charge on any atom is -0.340 e. The number of piperazine rings is 1. The van der Waals surface area contributed by atoms with Gasteiger partial charge in [-0.05, 0) is 38.1 Å². The van der Waals surface area contributed by atoms with Crippen molar-refractivity contribution in [1.82, 2.24) is 19.1 Å². The van der Waals surface area contributed by atoms with Crippen LogP contribution in [0.3, 0.4) is 0 Å². The fourth-order valence-corrected chi connectivity index (χ4v) is 4.91. The van der Waals surface area contributed by atoms with Gasteiger partial charge in [0.1, 0.15) is 4.90 Å². The number of carbonyl (C=O) groups is 1. The van der Waals surface area contributed by atoms with Crippen LogP contribution in [0.15, 0.2) is 29.4 Å². The number of piperidine rings is 1. The Bertz CT molecular complexity index is 759. The van der Waals surface area contributed by atoms with Crippen LogP contribution in [0.5, 0.6) is 0 Å². The third kappa shape index (κ3) is 4.06. The summed E-state index contributed by atoms with van der Waals surface area (Å²) in [7, 11) is -3.54. The number of nitrogens with zero attached hydrogens (tertiary/aromatic N) is 4. The van der Waals surface area contributed by atoms with E-state index >= 15 is 0 Å². The molecule has 0 atom stereocenters. The maximum Gasteiger partial charge on any atom is 0.244 e. The largest absolute Gasteiger partial charge is 0.340 e. The Morgan fingerprint density at radius 3 is 2.46 bits per heavy atom. The first kappa shape index (κ1) is 18.8. The molecule has 3 rings (SSSR count). The monoisotopic (exact) mass is 376 g/mol. The average Bonchev–Trinajstić information content (AvgIpc) is 2.69. The molecule has 1 aromatic heterocycles. The fraction of sp³-hybridized carbons (Fsp3) is 0.556. The Labute approximate surface area is 155 Å². The van der Waals surface area contributed by atoms with Crippen molar-refractivity contribution in [2.45, 2.75) is 17.7 Å². The van der Waals surface area contributed by atoms with Gasteiger partial charge in [0.25, 0.3) is 0 Å². The number of aromatic nitrogens is 1. The summed E-state index contributed by atoms with van der Waals surface area (Å²) in [5.41, 5.74) is 0. The van der Waals surface area contributed by atoms with E-state index in [-0.39, 0.29) is 16.7 Å². The second-order valence-corrected chi connectivity index (χ2v) is 8.61. The van der Waals surface area contributed by atoms with Crippen LogP contribution in [0.1, 0.15) is 12.8 Å². The molecule has 0 bridgehead atoms. The van der Waals surface area contributed by atoms with Gasteiger partial charge < -0.3 is 4.90 Å². The second kappa shape index (κ2) is 8.16. The molecule has 0 aromatic carbocycles. The number of hydrogen-bond donors (Lipinski definition) is 0. The van der Waals surface area contributed by atoms with E-state index < -0.39 is 10.0 Å². The van der Waals surface area contributed by atoms with E-state index in [0.717, 1.165) is 25.9 Å². The molecule has 140 valence electrons. The van der Waals surface area contributed by atoms with Crippen molar-refractivity contribution in [1.29, 1.82) is 0 Å². The summed E-state index contributed by atoms with van der Waals surface area (Å²) in [6.45, 7) is 3.82. The molecule has 2 fully saturated rings. The topological polar surface area (TPSA) is 73.8 Å². The number of amides is 1. The summed E-state index contributed by atoms with van der Waals surface area (Å²) in [5.74, 6) is 2.80. The molecule has 3 heterocycles. The summed E-state index contributed by atoms with van der Waals surface area (Å²) in [5, 5.41) is 0. The Kier molecular flexibility index (Phi) is 5.91. The molecule has 2 aliphatic rings. The van der Waals surface area contributed by atoms with Crippen LogP contribution in [-0.2, 0) is 14.8 Å². The van der Waals surface area contributed by atoms with E-state index in [9.17, 15) is 13.2 Å². The number of sulfonamides is 1. The van der Waals surface area contributed by atoms with Crippen LogP contribution in [0.25, 0.3) is 0 Å². The summed E-state index contributed by atoms with van der Waals surface area (Å²) < 4.78 is 26.7. The number of rotatable bonds is 4. The smallest absolute Gasteiger partial charge is 0.244 e. The highest BCUT2D eigenvalue weighted by Crippen LogP contribution is 2.22. The summed E-state index contributed by atoms with van der Waals surface area (Å²) >= 11 is 0. The quantitative estimate of drug-likeness (QED) is 0.705. The van der Waals surface area contributed by atoms with Crippen LogP contribution >= 0.6 is 0 Å². The highest BCUT2D eigenvalue weighted by Gasteiger charge is 2.33. The van der Waals surface area contributed by atoms with Crippen molar-refractivity contribution in [3.63, 3.8) is 0 Å². The predicted octanol–water partition coefficient (Wildman–Crippen LogP) is 0.260. The fourth-order valence-electron chi connectivity index (χ4n) is 3.52. The van der Waals surface area contributed by atoms with Crippen LogP contribution in [0.4, 0.5) is 0 Å². The highest BCUT2D eigenvalue weighted by molar-refractivity contribution is 7.89. The van der Waals surface area contributed by atoms with Gasteiger partial charge in [0.15, 0.2) is 0 Å². The summed E-state index contributed by atoms with van der Waals surface area (Å²) in [4.78, 5) is 20.8. The maximum absolute atomic E-state index is 12.7. The van der Waals surface area contributed by atoms with Gasteiger partial charge in [0.05, 0.1) is 6.54 Å². The van der Waals surface area contributed by atoms with Gasteiger partial charge >= 0.3 is 0 Å². The molecule has 0 unspecified atom stereocenters. The first-order chi connectivity index (χ1) is 12.5. The minimum atomic E-state index is -3.54. The summed E-state index contributed by atoms with van der Waals surface area (Å²) in [6.07, 6.45) is 9.87. The molecule has 7 nitrogen and oxygen atoms in total. The van der Waals surface area contributed by atoms with Crippen molar-refractivity contribution < 1.29 is 13.2 Å². The SMILES string of the molecule is C#CCN1CCC(C(=O)N2CCN(S(=O)(=O)c3cccnc3)CC2)CC1. The molecular formula is C18H24N4O3S. The number of carbonyl (C=O) groups excluding carboxylic acids is 1. The number of pyridine rings is 1. The van der Waals surface area contributed by atoms with E-state index in [0.29, 0.717) is 32.7 Å². The van der Waals surface area contributed by atoms with E-state index in [1.807, 2.05) is 0 Å². The molecule has 0 N–H and O–H groups in total. The van der Waals surface area contributed by atoms with E-state index in [1.165, 1.54) is 10.5 Å². The Hall–Kier alpha value is -1.95. The lowest BCUT2D eigenvalue weighted by atomic mass is 9.95. The van der Waals surface area contributed by atoms with Crippen LogP contribution in [0, 0.1) is 18.3 Å². The molecule has 1 aromatic rings. The molecule has 0 radical (unpaired) electrons. The van der Waals surface area contributed by atoms with Gasteiger partial charge in [-0.2, -0.15) is 4.31 Å². The standard InChI is InChI=1S/C18H24N4O3S/c1-2-8-20-9-5-16(6-10-20)18(23)21-11-13-22(14-12-21)26(24,25)17-4-3-7-19-15-17/h1,3-4,7,15-16H,5-6,8-14H2. The van der Waals surface area contributed by atoms with Crippen LogP contribution < -0.4 is 0 Å². The number of likely N-dealkylation sites (tertiary alicyclic amines) is 1. The Morgan fingerprint density at radius 1 is 1.19 bits per heavy atom. The molecule has 0 spiro atoms. The molecule has 1 amide bonds. The second-order valence-electron chi connectivity index (χ2n) is 6.67. The zero-order chi connectivity index (χ0) is 18.6. The molecule has 0 saturated carbocycles. The molecular weight excluding hydrogens is 352 g/mol. The Balaban J connectivity index is 1.54. The highest BCUT2D eigenvalue weighted by atomic mass is 32.2. The number of terminal acetylenes is 1. The third-order valence-electron chi connectivity index (χ3n) is 5.07. The molecule has 0 aliphatic carbocycles. The van der Waals surface area contributed by atoms with Gasteiger partial charge in [0, 0.05) is 44.5 Å². The number of hydrogen-bond acceptors (Lipinski definition) is 5. The van der Waals surface area contributed by atoms with Gasteiger partial charge in [-0.15, -0.1) is 6.42 Å². The first-order valence-electron chi connectivity index (χ1n) is 8.87. The zero-order valence-electron chi connectivity index (χ0n) is 14.7. The zero-order valence-corrected chi connectivity index (χ0v) is 15.6. The molecule has 8 heteroatoms. The lowest BCUT2D eigenvalue weighted by Gasteiger charge is -2.37. The lowest BCUT2D eigenvalue weighted by molar-refractivity contribution is -0.138. The van der Waals surface area contributed by atoms with Crippen molar-refractivity contribution >= 4 is 15.9 Å². The Morgan fingerprint density at radius 2 is 1.88 bits per heavy atom.